The number of thiophene rings is 1. The monoisotopic (exact) mass is 265 g/mol. The van der Waals surface area contributed by atoms with Crippen LogP contribution in [0.15, 0.2) is 36.4 Å². The number of nitrogens with one attached hydrogen (secondary N) is 1. The molecule has 0 fully saturated rings. The maximum absolute atomic E-state index is 11.9. The molecular weight excluding hydrogens is 254 g/mol. The molecule has 4 heteroatoms. The molecule has 0 aliphatic rings. The molecule has 2 nitrogen and oxygen atoms in total. The van der Waals surface area contributed by atoms with Crippen LogP contribution in [0, 0.1) is 0 Å². The molecule has 0 saturated carbocycles. The second-order valence-corrected chi connectivity index (χ2v) is 5.33. The van der Waals surface area contributed by atoms with Gasteiger partial charge in [0.15, 0.2) is 0 Å². The number of carbonyl (C=O) groups is 1. The zero-order valence-electron chi connectivity index (χ0n) is 9.37. The fourth-order valence-electron chi connectivity index (χ4n) is 1.50. The highest BCUT2D eigenvalue weighted by molar-refractivity contribution is 7.18. The van der Waals surface area contributed by atoms with Crippen molar-refractivity contribution in [3.8, 4) is 0 Å². The Bertz CT molecular complexity index is 536. The zero-order chi connectivity index (χ0) is 12.3. The molecule has 1 N–H and O–H groups in total. The summed E-state index contributed by atoms with van der Waals surface area (Å²) in [6, 6.07) is 11.3. The van der Waals surface area contributed by atoms with E-state index in [1.165, 1.54) is 16.9 Å². The van der Waals surface area contributed by atoms with Crippen molar-refractivity contribution in [2.75, 3.05) is 5.32 Å². The van der Waals surface area contributed by atoms with Crippen molar-refractivity contribution in [1.82, 2.24) is 0 Å². The molecule has 0 aliphatic carbocycles. The van der Waals surface area contributed by atoms with Crippen LogP contribution in [0.2, 0.25) is 4.34 Å². The highest BCUT2D eigenvalue weighted by Gasteiger charge is 2.08. The maximum Gasteiger partial charge on any atom is 0.265 e. The average Bonchev–Trinajstić information content (AvgIpc) is 2.76. The lowest BCUT2D eigenvalue weighted by molar-refractivity contribution is 0.103. The summed E-state index contributed by atoms with van der Waals surface area (Å²) in [4.78, 5) is 12.5. The van der Waals surface area contributed by atoms with Gasteiger partial charge in [-0.1, -0.05) is 30.7 Å². The molecule has 0 unspecified atom stereocenters. The van der Waals surface area contributed by atoms with Gasteiger partial charge in [-0.25, -0.2) is 0 Å². The summed E-state index contributed by atoms with van der Waals surface area (Å²) in [7, 11) is 0. The first-order chi connectivity index (χ1) is 8.19. The molecule has 0 radical (unpaired) electrons. The van der Waals surface area contributed by atoms with E-state index in [-0.39, 0.29) is 5.91 Å². The molecule has 0 bridgehead atoms. The third-order valence-electron chi connectivity index (χ3n) is 2.39. The first kappa shape index (κ1) is 12.1. The number of rotatable bonds is 3. The second kappa shape index (κ2) is 5.34. The number of hydrogen-bond acceptors (Lipinski definition) is 2. The molecule has 1 heterocycles. The Kier molecular flexibility index (Phi) is 3.82. The van der Waals surface area contributed by atoms with Crippen LogP contribution in [-0.4, -0.2) is 5.91 Å². The lowest BCUT2D eigenvalue weighted by Crippen LogP contribution is -2.10. The Morgan fingerprint density at radius 2 is 2.18 bits per heavy atom. The molecular formula is C13H12ClNOS. The van der Waals surface area contributed by atoms with Crippen LogP contribution in [0.5, 0.6) is 0 Å². The Morgan fingerprint density at radius 3 is 2.82 bits per heavy atom. The summed E-state index contributed by atoms with van der Waals surface area (Å²) in [5.41, 5.74) is 2.02. The fraction of sp³-hybridized carbons (Fsp3) is 0.154. The number of benzene rings is 1. The molecule has 2 rings (SSSR count). The number of amides is 1. The van der Waals surface area contributed by atoms with E-state index in [1.807, 2.05) is 24.3 Å². The number of aryl methyl sites for hydroxylation is 1. The van der Waals surface area contributed by atoms with Crippen molar-refractivity contribution in [1.29, 1.82) is 0 Å². The number of anilines is 1. The van der Waals surface area contributed by atoms with Gasteiger partial charge < -0.3 is 5.32 Å². The SMILES string of the molecule is CCc1cccc(NC(=O)c2ccc(Cl)s2)c1. The van der Waals surface area contributed by atoms with Crippen LogP contribution >= 0.6 is 22.9 Å². The van der Waals surface area contributed by atoms with Crippen LogP contribution in [0.25, 0.3) is 0 Å². The van der Waals surface area contributed by atoms with Crippen LogP contribution in [0.4, 0.5) is 5.69 Å². The lowest BCUT2D eigenvalue weighted by Gasteiger charge is -2.05. The highest BCUT2D eigenvalue weighted by Crippen LogP contribution is 2.22. The Labute approximate surface area is 109 Å². The number of carbonyl (C=O) groups excluding carboxylic acids is 1. The maximum atomic E-state index is 11.9. The smallest absolute Gasteiger partial charge is 0.265 e. The van der Waals surface area contributed by atoms with Crippen molar-refractivity contribution < 1.29 is 4.79 Å². The van der Waals surface area contributed by atoms with E-state index < -0.39 is 0 Å². The zero-order valence-corrected chi connectivity index (χ0v) is 10.9. The molecule has 17 heavy (non-hydrogen) atoms. The van der Waals surface area contributed by atoms with E-state index in [1.54, 1.807) is 12.1 Å². The Balaban J connectivity index is 2.12. The van der Waals surface area contributed by atoms with Crippen LogP contribution in [0.3, 0.4) is 0 Å². The molecule has 0 spiro atoms. The van der Waals surface area contributed by atoms with Crippen LogP contribution in [0.1, 0.15) is 22.2 Å². The van der Waals surface area contributed by atoms with Gasteiger partial charge in [0.1, 0.15) is 0 Å². The fourth-order valence-corrected chi connectivity index (χ4v) is 2.44. The van der Waals surface area contributed by atoms with Gasteiger partial charge in [0, 0.05) is 5.69 Å². The van der Waals surface area contributed by atoms with Gasteiger partial charge in [0.25, 0.3) is 5.91 Å². The van der Waals surface area contributed by atoms with Gasteiger partial charge in [-0.15, -0.1) is 11.3 Å². The predicted molar refractivity (Wildman–Crippen MR) is 73.1 cm³/mol. The standard InChI is InChI=1S/C13H12ClNOS/c1-2-9-4-3-5-10(8-9)15-13(16)11-6-7-12(14)17-11/h3-8H,2H2,1H3,(H,15,16). The number of hydrogen-bond donors (Lipinski definition) is 1. The molecule has 2 aromatic rings. The third-order valence-corrected chi connectivity index (χ3v) is 3.62. The molecule has 0 saturated heterocycles. The number of halogens is 1. The highest BCUT2D eigenvalue weighted by atomic mass is 35.5. The van der Waals surface area contributed by atoms with Gasteiger partial charge in [-0.2, -0.15) is 0 Å². The topological polar surface area (TPSA) is 29.1 Å². The average molecular weight is 266 g/mol. The molecule has 1 aromatic carbocycles. The minimum atomic E-state index is -0.116. The van der Waals surface area contributed by atoms with Crippen LogP contribution < -0.4 is 5.32 Å². The summed E-state index contributed by atoms with van der Waals surface area (Å²) in [6.45, 7) is 2.08. The van der Waals surface area contributed by atoms with Crippen LogP contribution in [-0.2, 0) is 6.42 Å². The van der Waals surface area contributed by atoms with Crippen molar-refractivity contribution in [3.05, 3.63) is 51.2 Å². The predicted octanol–water partition coefficient (Wildman–Crippen LogP) is 4.22. The van der Waals surface area contributed by atoms with E-state index in [9.17, 15) is 4.79 Å². The quantitative estimate of drug-likeness (QED) is 0.885. The Morgan fingerprint density at radius 1 is 1.35 bits per heavy atom. The normalized spacial score (nSPS) is 10.2. The van der Waals surface area contributed by atoms with E-state index in [0.29, 0.717) is 9.21 Å². The van der Waals surface area contributed by atoms with Gasteiger partial charge in [0.2, 0.25) is 0 Å². The molecule has 1 amide bonds. The first-order valence-corrected chi connectivity index (χ1v) is 6.54. The summed E-state index contributed by atoms with van der Waals surface area (Å²) in [5.74, 6) is -0.116. The minimum absolute atomic E-state index is 0.116. The molecule has 0 atom stereocenters. The minimum Gasteiger partial charge on any atom is -0.321 e. The van der Waals surface area contributed by atoms with E-state index >= 15 is 0 Å². The van der Waals surface area contributed by atoms with E-state index in [4.69, 9.17) is 11.6 Å². The first-order valence-electron chi connectivity index (χ1n) is 5.34. The van der Waals surface area contributed by atoms with Gasteiger partial charge >= 0.3 is 0 Å². The summed E-state index contributed by atoms with van der Waals surface area (Å²) < 4.78 is 0.623. The summed E-state index contributed by atoms with van der Waals surface area (Å²) >= 11 is 7.07. The molecule has 1 aromatic heterocycles. The van der Waals surface area contributed by atoms with E-state index in [0.717, 1.165) is 12.1 Å². The van der Waals surface area contributed by atoms with Crippen molar-refractivity contribution in [3.63, 3.8) is 0 Å². The molecule has 88 valence electrons. The van der Waals surface area contributed by atoms with Crippen molar-refractivity contribution >= 4 is 34.5 Å². The van der Waals surface area contributed by atoms with Crippen molar-refractivity contribution in [2.45, 2.75) is 13.3 Å². The van der Waals surface area contributed by atoms with E-state index in [2.05, 4.69) is 12.2 Å². The Hall–Kier alpha value is -1.32. The van der Waals surface area contributed by atoms with Gasteiger partial charge in [0.05, 0.1) is 9.21 Å². The third kappa shape index (κ3) is 3.08. The van der Waals surface area contributed by atoms with Crippen molar-refractivity contribution in [2.24, 2.45) is 0 Å². The largest absolute Gasteiger partial charge is 0.321 e. The van der Waals surface area contributed by atoms with Gasteiger partial charge in [-0.3, -0.25) is 4.79 Å². The molecule has 0 aliphatic heterocycles. The van der Waals surface area contributed by atoms with Gasteiger partial charge in [-0.05, 0) is 36.2 Å². The second-order valence-electron chi connectivity index (χ2n) is 3.61. The summed E-state index contributed by atoms with van der Waals surface area (Å²) in [5, 5.41) is 2.86. The summed E-state index contributed by atoms with van der Waals surface area (Å²) in [6.07, 6.45) is 0.953. The lowest BCUT2D eigenvalue weighted by atomic mass is 10.1.